The minimum absolute atomic E-state index is 0.256. The maximum atomic E-state index is 12.8. The second-order valence-electron chi connectivity index (χ2n) is 5.37. The van der Waals surface area contributed by atoms with E-state index < -0.39 is 11.6 Å². The van der Waals surface area contributed by atoms with Gasteiger partial charge in [-0.15, -0.1) is 0 Å². The largest absolute Gasteiger partial charge is 0.325 e. The number of urea groups is 1. The van der Waals surface area contributed by atoms with Gasteiger partial charge < -0.3 is 5.32 Å². The Hall–Kier alpha value is -2.06. The van der Waals surface area contributed by atoms with E-state index in [2.05, 4.69) is 5.32 Å². The molecule has 0 saturated carbocycles. The molecule has 1 fully saturated rings. The number of nitriles is 1. The smallest absolute Gasteiger partial charge is 0.319 e. The van der Waals surface area contributed by atoms with Crippen molar-refractivity contribution in [3.63, 3.8) is 0 Å². The second-order valence-corrected chi connectivity index (χ2v) is 5.78. The van der Waals surface area contributed by atoms with Gasteiger partial charge in [-0.2, -0.15) is 5.26 Å². The van der Waals surface area contributed by atoms with Crippen LogP contribution in [0.4, 0.5) is 4.79 Å². The Bertz CT molecular complexity index is 653. The lowest BCUT2D eigenvalue weighted by Gasteiger charge is -2.26. The average Bonchev–Trinajstić information content (AvgIpc) is 2.75. The fourth-order valence-corrected chi connectivity index (χ4v) is 2.81. The number of benzene rings is 1. The lowest BCUT2D eigenvalue weighted by Crippen LogP contribution is -2.43. The summed E-state index contributed by atoms with van der Waals surface area (Å²) in [5.74, 6) is -0.264. The number of imide groups is 1. The minimum Gasteiger partial charge on any atom is -0.319 e. The third-order valence-corrected chi connectivity index (χ3v) is 4.45. The van der Waals surface area contributed by atoms with Gasteiger partial charge in [-0.1, -0.05) is 30.7 Å². The molecule has 6 heteroatoms. The molecule has 2 rings (SSSR count). The van der Waals surface area contributed by atoms with E-state index in [1.165, 1.54) is 4.90 Å². The van der Waals surface area contributed by atoms with Crippen LogP contribution in [0.3, 0.4) is 0 Å². The lowest BCUT2D eigenvalue weighted by atomic mass is 9.86. The van der Waals surface area contributed by atoms with Crippen molar-refractivity contribution in [1.82, 2.24) is 10.2 Å². The van der Waals surface area contributed by atoms with Crippen LogP contribution in [0.2, 0.25) is 5.02 Å². The fraction of sp³-hybridized carbons (Fsp3) is 0.438. The lowest BCUT2D eigenvalue weighted by molar-refractivity contribution is -0.131. The Morgan fingerprint density at radius 2 is 2.14 bits per heavy atom. The van der Waals surface area contributed by atoms with Gasteiger partial charge in [0.2, 0.25) is 0 Å². The maximum absolute atomic E-state index is 12.8. The van der Waals surface area contributed by atoms with Crippen molar-refractivity contribution < 1.29 is 9.59 Å². The van der Waals surface area contributed by atoms with Gasteiger partial charge in [-0.05, 0) is 37.0 Å². The van der Waals surface area contributed by atoms with Crippen LogP contribution in [0.25, 0.3) is 0 Å². The predicted molar refractivity (Wildman–Crippen MR) is 83.2 cm³/mol. The Morgan fingerprint density at radius 3 is 2.73 bits per heavy atom. The van der Waals surface area contributed by atoms with Gasteiger partial charge in [0.1, 0.15) is 5.54 Å². The van der Waals surface area contributed by atoms with Crippen LogP contribution in [-0.2, 0) is 10.3 Å². The number of rotatable bonds is 5. The first-order chi connectivity index (χ1) is 10.5. The average molecular weight is 320 g/mol. The summed E-state index contributed by atoms with van der Waals surface area (Å²) in [6.45, 7) is 3.98. The summed E-state index contributed by atoms with van der Waals surface area (Å²) in [7, 11) is 0. The number of hydrogen-bond donors (Lipinski definition) is 1. The summed E-state index contributed by atoms with van der Waals surface area (Å²) in [6.07, 6.45) is 1.25. The number of hydrogen-bond acceptors (Lipinski definition) is 3. The van der Waals surface area contributed by atoms with Gasteiger partial charge >= 0.3 is 6.03 Å². The highest BCUT2D eigenvalue weighted by atomic mass is 35.5. The molecule has 0 aromatic heterocycles. The van der Waals surface area contributed by atoms with Crippen molar-refractivity contribution in [2.24, 2.45) is 0 Å². The molecule has 22 heavy (non-hydrogen) atoms. The van der Waals surface area contributed by atoms with E-state index in [0.29, 0.717) is 24.3 Å². The van der Waals surface area contributed by atoms with Crippen molar-refractivity contribution in [3.8, 4) is 6.07 Å². The van der Waals surface area contributed by atoms with E-state index in [4.69, 9.17) is 16.9 Å². The molecular weight excluding hydrogens is 302 g/mol. The molecule has 116 valence electrons. The first-order valence-corrected chi connectivity index (χ1v) is 7.61. The quantitative estimate of drug-likeness (QED) is 0.669. The number of nitrogens with one attached hydrogen (secondary N) is 1. The summed E-state index contributed by atoms with van der Waals surface area (Å²) in [5, 5.41) is 12.0. The zero-order valence-electron chi connectivity index (χ0n) is 12.6. The van der Waals surface area contributed by atoms with Crippen LogP contribution in [0.1, 0.15) is 37.3 Å². The van der Waals surface area contributed by atoms with Crippen LogP contribution in [0.5, 0.6) is 0 Å². The van der Waals surface area contributed by atoms with Crippen molar-refractivity contribution in [2.75, 3.05) is 6.54 Å². The van der Waals surface area contributed by atoms with E-state index in [0.717, 1.165) is 11.1 Å². The molecule has 1 heterocycles. The zero-order chi connectivity index (χ0) is 16.3. The van der Waals surface area contributed by atoms with Gasteiger partial charge in [0.05, 0.1) is 6.07 Å². The molecule has 1 atom stereocenters. The van der Waals surface area contributed by atoms with E-state index in [1.807, 2.05) is 26.0 Å². The monoisotopic (exact) mass is 319 g/mol. The SMILES string of the molecule is CCC1(c2ccc(Cl)c(C)c2)NC(=O)N(CCCC#N)C1=O. The Balaban J connectivity index is 2.34. The maximum Gasteiger partial charge on any atom is 0.325 e. The molecule has 0 bridgehead atoms. The van der Waals surface area contributed by atoms with Gasteiger partial charge in [0.15, 0.2) is 0 Å². The minimum atomic E-state index is -1.04. The number of halogens is 1. The number of carbonyl (C=O) groups excluding carboxylic acids is 2. The number of aryl methyl sites for hydroxylation is 1. The topological polar surface area (TPSA) is 73.2 Å². The third kappa shape index (κ3) is 2.67. The number of carbonyl (C=O) groups is 2. The van der Waals surface area contributed by atoms with Crippen LogP contribution in [0.15, 0.2) is 18.2 Å². The van der Waals surface area contributed by atoms with Crippen molar-refractivity contribution in [1.29, 1.82) is 5.26 Å². The molecule has 0 spiro atoms. The zero-order valence-corrected chi connectivity index (χ0v) is 13.4. The summed E-state index contributed by atoms with van der Waals surface area (Å²) in [6, 6.07) is 6.96. The summed E-state index contributed by atoms with van der Waals surface area (Å²) >= 11 is 6.04. The van der Waals surface area contributed by atoms with E-state index in [1.54, 1.807) is 12.1 Å². The van der Waals surface area contributed by atoms with E-state index in [-0.39, 0.29) is 12.5 Å². The first kappa shape index (κ1) is 16.3. The van der Waals surface area contributed by atoms with Crippen LogP contribution in [0, 0.1) is 18.3 Å². The Morgan fingerprint density at radius 1 is 1.41 bits per heavy atom. The Kier molecular flexibility index (Phi) is 4.72. The van der Waals surface area contributed by atoms with Crippen LogP contribution in [-0.4, -0.2) is 23.4 Å². The normalized spacial score (nSPS) is 20.9. The summed E-state index contributed by atoms with van der Waals surface area (Å²) < 4.78 is 0. The molecular formula is C16H18ClN3O2. The highest BCUT2D eigenvalue weighted by Crippen LogP contribution is 2.34. The number of unbranched alkanes of at least 4 members (excludes halogenated alkanes) is 1. The van der Waals surface area contributed by atoms with Gasteiger partial charge in [0, 0.05) is 18.0 Å². The standard InChI is InChI=1S/C16H18ClN3O2/c1-3-16(12-6-7-13(17)11(2)10-12)14(21)20(15(22)19-16)9-5-4-8-18/h6-7,10H,3-5,9H2,1-2H3,(H,19,22). The molecule has 1 saturated heterocycles. The van der Waals surface area contributed by atoms with Crippen LogP contribution < -0.4 is 5.32 Å². The van der Waals surface area contributed by atoms with Gasteiger partial charge in [-0.3, -0.25) is 9.69 Å². The molecule has 0 aliphatic carbocycles. The molecule has 1 unspecified atom stereocenters. The molecule has 1 aromatic rings. The highest BCUT2D eigenvalue weighted by molar-refractivity contribution is 6.31. The van der Waals surface area contributed by atoms with Crippen molar-refractivity contribution >= 4 is 23.5 Å². The van der Waals surface area contributed by atoms with Gasteiger partial charge in [0.25, 0.3) is 5.91 Å². The van der Waals surface area contributed by atoms with Crippen molar-refractivity contribution in [2.45, 2.75) is 38.6 Å². The second kappa shape index (κ2) is 6.37. The Labute approximate surface area is 134 Å². The highest BCUT2D eigenvalue weighted by Gasteiger charge is 2.50. The summed E-state index contributed by atoms with van der Waals surface area (Å²) in [5.41, 5.74) is 0.550. The van der Waals surface area contributed by atoms with Gasteiger partial charge in [-0.25, -0.2) is 4.79 Å². The number of amides is 3. The van der Waals surface area contributed by atoms with E-state index in [9.17, 15) is 9.59 Å². The fourth-order valence-electron chi connectivity index (χ4n) is 2.69. The molecule has 5 nitrogen and oxygen atoms in total. The molecule has 1 aromatic carbocycles. The molecule has 1 aliphatic rings. The van der Waals surface area contributed by atoms with E-state index >= 15 is 0 Å². The third-order valence-electron chi connectivity index (χ3n) is 4.03. The number of nitrogens with zero attached hydrogens (tertiary/aromatic N) is 2. The first-order valence-electron chi connectivity index (χ1n) is 7.24. The predicted octanol–water partition coefficient (Wildman–Crippen LogP) is 3.11. The summed E-state index contributed by atoms with van der Waals surface area (Å²) in [4.78, 5) is 26.1. The van der Waals surface area contributed by atoms with Crippen molar-refractivity contribution in [3.05, 3.63) is 34.3 Å². The van der Waals surface area contributed by atoms with Crippen LogP contribution >= 0.6 is 11.6 Å². The molecule has 1 aliphatic heterocycles. The molecule has 3 amide bonds. The molecule has 0 radical (unpaired) electrons. The molecule has 1 N–H and O–H groups in total.